The minimum absolute atomic E-state index is 0.628. The van der Waals surface area contributed by atoms with E-state index in [0.717, 1.165) is 30.8 Å². The molecule has 1 unspecified atom stereocenters. The molecule has 110 valence electrons. The number of fused-ring (bicyclic) bond motifs is 1. The van der Waals surface area contributed by atoms with Gasteiger partial charge < -0.3 is 5.32 Å². The van der Waals surface area contributed by atoms with E-state index in [9.17, 15) is 0 Å². The Morgan fingerprint density at radius 2 is 2.19 bits per heavy atom. The van der Waals surface area contributed by atoms with Crippen LogP contribution in [0.15, 0.2) is 18.3 Å². The number of nitrogens with one attached hydrogen (secondary N) is 1. The van der Waals surface area contributed by atoms with E-state index in [-0.39, 0.29) is 0 Å². The maximum absolute atomic E-state index is 5.88. The summed E-state index contributed by atoms with van der Waals surface area (Å²) < 4.78 is 0. The molecule has 1 atom stereocenters. The van der Waals surface area contributed by atoms with Crippen molar-refractivity contribution in [1.82, 2.24) is 20.3 Å². The predicted molar refractivity (Wildman–Crippen MR) is 84.5 cm³/mol. The third kappa shape index (κ3) is 3.06. The third-order valence-electron chi connectivity index (χ3n) is 4.03. The average Bonchev–Trinajstić information content (AvgIpc) is 2.49. The summed E-state index contributed by atoms with van der Waals surface area (Å²) in [7, 11) is 2.01. The summed E-state index contributed by atoms with van der Waals surface area (Å²) in [5.74, 6) is 1.39. The van der Waals surface area contributed by atoms with Crippen molar-refractivity contribution in [1.29, 1.82) is 0 Å². The summed E-state index contributed by atoms with van der Waals surface area (Å²) in [6.07, 6.45) is 4.90. The zero-order valence-electron chi connectivity index (χ0n) is 12.4. The van der Waals surface area contributed by atoms with Crippen LogP contribution in [0.4, 0.5) is 0 Å². The van der Waals surface area contributed by atoms with Gasteiger partial charge in [0.25, 0.3) is 0 Å². The van der Waals surface area contributed by atoms with Crippen molar-refractivity contribution in [2.75, 3.05) is 13.6 Å². The number of aromatic nitrogens is 3. The number of nitrogens with zero attached hydrogens (tertiary/aromatic N) is 3. The molecule has 0 amide bonds. The number of aryl methyl sites for hydroxylation is 2. The second-order valence-electron chi connectivity index (χ2n) is 5.59. The van der Waals surface area contributed by atoms with Crippen LogP contribution in [0.3, 0.4) is 0 Å². The lowest BCUT2D eigenvalue weighted by Crippen LogP contribution is -2.26. The van der Waals surface area contributed by atoms with Gasteiger partial charge in [-0.15, -0.1) is 0 Å². The van der Waals surface area contributed by atoms with Crippen molar-refractivity contribution in [3.05, 3.63) is 40.3 Å². The second kappa shape index (κ2) is 6.08. The minimum atomic E-state index is 0.628. The molecule has 1 N–H and O–H groups in total. The monoisotopic (exact) mass is 302 g/mol. The molecule has 2 aromatic rings. The maximum Gasteiger partial charge on any atom is 0.178 e. The van der Waals surface area contributed by atoms with Crippen molar-refractivity contribution in [3.8, 4) is 11.5 Å². The molecule has 0 radical (unpaired) electrons. The first kappa shape index (κ1) is 14.4. The van der Waals surface area contributed by atoms with Crippen molar-refractivity contribution in [3.63, 3.8) is 0 Å². The van der Waals surface area contributed by atoms with Gasteiger partial charge >= 0.3 is 0 Å². The van der Waals surface area contributed by atoms with Gasteiger partial charge in [-0.1, -0.05) is 11.6 Å². The van der Waals surface area contributed by atoms with Gasteiger partial charge in [0.1, 0.15) is 5.69 Å². The summed E-state index contributed by atoms with van der Waals surface area (Å²) in [6, 6.07) is 3.70. The summed E-state index contributed by atoms with van der Waals surface area (Å²) in [4.78, 5) is 13.7. The number of pyridine rings is 1. The zero-order valence-corrected chi connectivity index (χ0v) is 13.1. The molecule has 0 aromatic carbocycles. The van der Waals surface area contributed by atoms with E-state index < -0.39 is 0 Å². The molecular formula is C16H19ClN4. The Labute approximate surface area is 130 Å². The highest BCUT2D eigenvalue weighted by Crippen LogP contribution is 2.27. The number of hydrogen-bond acceptors (Lipinski definition) is 4. The minimum Gasteiger partial charge on any atom is -0.319 e. The molecule has 2 heterocycles. The van der Waals surface area contributed by atoms with Gasteiger partial charge in [-0.05, 0) is 63.4 Å². The predicted octanol–water partition coefficient (Wildman–Crippen LogP) is 2.82. The van der Waals surface area contributed by atoms with Crippen molar-refractivity contribution < 1.29 is 0 Å². The van der Waals surface area contributed by atoms with E-state index in [4.69, 9.17) is 16.6 Å². The van der Waals surface area contributed by atoms with Crippen molar-refractivity contribution in [2.24, 2.45) is 5.92 Å². The Hall–Kier alpha value is -1.52. The maximum atomic E-state index is 5.88. The van der Waals surface area contributed by atoms with Gasteiger partial charge in [0, 0.05) is 17.6 Å². The molecule has 1 aliphatic carbocycles. The van der Waals surface area contributed by atoms with Crippen LogP contribution >= 0.6 is 11.6 Å². The van der Waals surface area contributed by atoms with Crippen LogP contribution in [-0.2, 0) is 12.8 Å². The van der Waals surface area contributed by atoms with Gasteiger partial charge in [0.05, 0.1) is 5.02 Å². The summed E-state index contributed by atoms with van der Waals surface area (Å²) in [5.41, 5.74) is 4.36. The average molecular weight is 303 g/mol. The topological polar surface area (TPSA) is 50.7 Å². The number of hydrogen-bond donors (Lipinski definition) is 1. The molecule has 1 aliphatic rings. The van der Waals surface area contributed by atoms with Gasteiger partial charge in [0.2, 0.25) is 0 Å². The van der Waals surface area contributed by atoms with Crippen LogP contribution < -0.4 is 5.32 Å². The Bertz CT molecular complexity index is 639. The Morgan fingerprint density at radius 3 is 2.90 bits per heavy atom. The largest absolute Gasteiger partial charge is 0.319 e. The van der Waals surface area contributed by atoms with Gasteiger partial charge in [-0.25, -0.2) is 9.97 Å². The van der Waals surface area contributed by atoms with E-state index >= 15 is 0 Å². The fourth-order valence-electron chi connectivity index (χ4n) is 2.94. The molecule has 0 saturated carbocycles. The summed E-state index contributed by atoms with van der Waals surface area (Å²) in [6.45, 7) is 3.13. The Kier molecular flexibility index (Phi) is 4.17. The van der Waals surface area contributed by atoms with Crippen LogP contribution in [-0.4, -0.2) is 28.5 Å². The van der Waals surface area contributed by atoms with E-state index in [0.29, 0.717) is 16.8 Å². The fourth-order valence-corrected chi connectivity index (χ4v) is 3.06. The molecule has 5 heteroatoms. The van der Waals surface area contributed by atoms with Crippen molar-refractivity contribution in [2.45, 2.75) is 26.2 Å². The summed E-state index contributed by atoms with van der Waals surface area (Å²) in [5, 5.41) is 3.89. The normalized spacial score (nSPS) is 17.6. The van der Waals surface area contributed by atoms with E-state index in [1.165, 1.54) is 17.7 Å². The molecule has 0 bridgehead atoms. The molecule has 4 nitrogen and oxygen atoms in total. The quantitative estimate of drug-likeness (QED) is 0.947. The van der Waals surface area contributed by atoms with Gasteiger partial charge in [0.15, 0.2) is 5.82 Å². The zero-order chi connectivity index (χ0) is 14.8. The standard InChI is InChI=1S/C16H19ClN4/c1-10-13-7-11(8-18-2)3-5-14(13)21-16(20-10)15-6-4-12(17)9-19-15/h4,6,9,11,18H,3,5,7-8H2,1-2H3. The van der Waals surface area contributed by atoms with Crippen LogP contribution in [0.25, 0.3) is 11.5 Å². The lowest BCUT2D eigenvalue weighted by atomic mass is 9.85. The molecule has 0 saturated heterocycles. The highest BCUT2D eigenvalue weighted by Gasteiger charge is 2.22. The first-order chi connectivity index (χ1) is 10.2. The highest BCUT2D eigenvalue weighted by atomic mass is 35.5. The van der Waals surface area contributed by atoms with E-state index in [1.807, 2.05) is 19.2 Å². The molecule has 21 heavy (non-hydrogen) atoms. The molecule has 3 rings (SSSR count). The highest BCUT2D eigenvalue weighted by molar-refractivity contribution is 6.30. The SMILES string of the molecule is CNCC1CCc2nc(-c3ccc(Cl)cn3)nc(C)c2C1. The Morgan fingerprint density at radius 1 is 1.33 bits per heavy atom. The number of rotatable bonds is 3. The lowest BCUT2D eigenvalue weighted by Gasteiger charge is -2.25. The van der Waals surface area contributed by atoms with Gasteiger partial charge in [-0.3, -0.25) is 4.98 Å². The van der Waals surface area contributed by atoms with Crippen LogP contribution in [0.5, 0.6) is 0 Å². The second-order valence-corrected chi connectivity index (χ2v) is 6.02. The summed E-state index contributed by atoms with van der Waals surface area (Å²) >= 11 is 5.88. The van der Waals surface area contributed by atoms with Crippen LogP contribution in [0.1, 0.15) is 23.4 Å². The number of halogens is 1. The lowest BCUT2D eigenvalue weighted by molar-refractivity contribution is 0.433. The van der Waals surface area contributed by atoms with E-state index in [2.05, 4.69) is 22.2 Å². The Balaban J connectivity index is 1.93. The molecular weight excluding hydrogens is 284 g/mol. The molecule has 0 fully saturated rings. The first-order valence-electron chi connectivity index (χ1n) is 7.30. The molecule has 0 spiro atoms. The first-order valence-corrected chi connectivity index (χ1v) is 7.68. The van der Waals surface area contributed by atoms with E-state index in [1.54, 1.807) is 6.20 Å². The fraction of sp³-hybridized carbons (Fsp3) is 0.438. The molecule has 2 aromatic heterocycles. The van der Waals surface area contributed by atoms with Crippen LogP contribution in [0, 0.1) is 12.8 Å². The molecule has 0 aliphatic heterocycles. The van der Waals surface area contributed by atoms with Crippen molar-refractivity contribution >= 4 is 11.6 Å². The smallest absolute Gasteiger partial charge is 0.178 e. The van der Waals surface area contributed by atoms with Gasteiger partial charge in [-0.2, -0.15) is 0 Å². The van der Waals surface area contributed by atoms with Crippen LogP contribution in [0.2, 0.25) is 5.02 Å². The third-order valence-corrected chi connectivity index (χ3v) is 4.25.